The first-order valence-corrected chi connectivity index (χ1v) is 5.20. The highest BCUT2D eigenvalue weighted by Crippen LogP contribution is 2.25. The SMILES string of the molecule is CC(CF)Nc1ncnc2ccsc12. The molecule has 0 aromatic carbocycles. The third-order valence-electron chi connectivity index (χ3n) is 1.86. The summed E-state index contributed by atoms with van der Waals surface area (Å²) in [7, 11) is 0. The molecular weight excluding hydrogens is 201 g/mol. The van der Waals surface area contributed by atoms with Crippen LogP contribution >= 0.6 is 11.3 Å². The zero-order valence-electron chi connectivity index (χ0n) is 7.70. The third-order valence-corrected chi connectivity index (χ3v) is 2.77. The predicted molar refractivity (Wildman–Crippen MR) is 56.5 cm³/mol. The number of anilines is 1. The number of aromatic nitrogens is 2. The van der Waals surface area contributed by atoms with Gasteiger partial charge in [0.2, 0.25) is 0 Å². The maximum absolute atomic E-state index is 12.3. The van der Waals surface area contributed by atoms with Gasteiger partial charge in [-0.1, -0.05) is 0 Å². The van der Waals surface area contributed by atoms with E-state index >= 15 is 0 Å². The first kappa shape index (κ1) is 9.33. The highest BCUT2D eigenvalue weighted by Gasteiger charge is 2.07. The Balaban J connectivity index is 2.36. The molecule has 0 bridgehead atoms. The summed E-state index contributed by atoms with van der Waals surface area (Å²) in [4.78, 5) is 8.19. The number of halogens is 1. The van der Waals surface area contributed by atoms with E-state index in [0.717, 1.165) is 16.0 Å². The lowest BCUT2D eigenvalue weighted by Gasteiger charge is -2.10. The molecule has 74 valence electrons. The topological polar surface area (TPSA) is 37.8 Å². The van der Waals surface area contributed by atoms with E-state index in [9.17, 15) is 4.39 Å². The number of hydrogen-bond acceptors (Lipinski definition) is 4. The summed E-state index contributed by atoms with van der Waals surface area (Å²) in [6.07, 6.45) is 1.49. The maximum atomic E-state index is 12.3. The highest BCUT2D eigenvalue weighted by molar-refractivity contribution is 7.17. The Kier molecular flexibility index (Phi) is 2.58. The van der Waals surface area contributed by atoms with Crippen LogP contribution in [0, 0.1) is 0 Å². The van der Waals surface area contributed by atoms with Crippen LogP contribution in [0.15, 0.2) is 17.8 Å². The first-order valence-electron chi connectivity index (χ1n) is 4.32. The van der Waals surface area contributed by atoms with Crippen molar-refractivity contribution in [3.63, 3.8) is 0 Å². The summed E-state index contributed by atoms with van der Waals surface area (Å²) < 4.78 is 13.3. The number of thiophene rings is 1. The molecule has 3 nitrogen and oxygen atoms in total. The molecule has 2 aromatic rings. The fraction of sp³-hybridized carbons (Fsp3) is 0.333. The second-order valence-corrected chi connectivity index (χ2v) is 3.97. The summed E-state index contributed by atoms with van der Waals surface area (Å²) in [5, 5.41) is 4.95. The van der Waals surface area contributed by atoms with Crippen molar-refractivity contribution >= 4 is 27.4 Å². The van der Waals surface area contributed by atoms with E-state index in [4.69, 9.17) is 0 Å². The van der Waals surface area contributed by atoms with Crippen LogP contribution in [-0.2, 0) is 0 Å². The molecule has 0 aliphatic carbocycles. The van der Waals surface area contributed by atoms with E-state index in [2.05, 4.69) is 15.3 Å². The molecule has 14 heavy (non-hydrogen) atoms. The standard InChI is InChI=1S/C9H10FN3S/c1-6(4-10)13-9-8-7(2-3-14-8)11-5-12-9/h2-3,5-6H,4H2,1H3,(H,11,12,13). The predicted octanol–water partition coefficient (Wildman–Crippen LogP) is 2.46. The fourth-order valence-electron chi connectivity index (χ4n) is 1.16. The van der Waals surface area contributed by atoms with Gasteiger partial charge < -0.3 is 5.32 Å². The Bertz CT molecular complexity index is 429. The van der Waals surface area contributed by atoms with Gasteiger partial charge in [0.1, 0.15) is 18.8 Å². The molecule has 2 heterocycles. The zero-order valence-corrected chi connectivity index (χ0v) is 8.51. The lowest BCUT2D eigenvalue weighted by Crippen LogP contribution is -2.17. The number of fused-ring (bicyclic) bond motifs is 1. The molecule has 2 aromatic heterocycles. The van der Waals surface area contributed by atoms with Crippen molar-refractivity contribution in [1.29, 1.82) is 0 Å². The number of nitrogens with zero attached hydrogens (tertiary/aromatic N) is 2. The lowest BCUT2D eigenvalue weighted by molar-refractivity contribution is 0.460. The van der Waals surface area contributed by atoms with E-state index < -0.39 is 6.67 Å². The van der Waals surface area contributed by atoms with Gasteiger partial charge in [-0.25, -0.2) is 14.4 Å². The fourth-order valence-corrected chi connectivity index (χ4v) is 1.96. The molecule has 1 unspecified atom stereocenters. The van der Waals surface area contributed by atoms with E-state index in [1.165, 1.54) is 6.33 Å². The van der Waals surface area contributed by atoms with Gasteiger partial charge in [-0.2, -0.15) is 0 Å². The summed E-state index contributed by atoms with van der Waals surface area (Å²) in [6.45, 7) is 1.37. The zero-order chi connectivity index (χ0) is 9.97. The Morgan fingerprint density at radius 1 is 1.57 bits per heavy atom. The van der Waals surface area contributed by atoms with Crippen molar-refractivity contribution in [2.24, 2.45) is 0 Å². The number of alkyl halides is 1. The van der Waals surface area contributed by atoms with Crippen LogP contribution in [-0.4, -0.2) is 22.7 Å². The van der Waals surface area contributed by atoms with Gasteiger partial charge in [0.15, 0.2) is 0 Å². The lowest BCUT2D eigenvalue weighted by atomic mass is 10.3. The second kappa shape index (κ2) is 3.88. The molecule has 1 atom stereocenters. The van der Waals surface area contributed by atoms with Crippen LogP contribution in [0.3, 0.4) is 0 Å². The smallest absolute Gasteiger partial charge is 0.147 e. The largest absolute Gasteiger partial charge is 0.364 e. The van der Waals surface area contributed by atoms with Gasteiger partial charge in [0.25, 0.3) is 0 Å². The van der Waals surface area contributed by atoms with Crippen molar-refractivity contribution < 1.29 is 4.39 Å². The summed E-state index contributed by atoms with van der Waals surface area (Å²) in [5.74, 6) is 0.718. The first-order chi connectivity index (χ1) is 6.81. The number of hydrogen-bond donors (Lipinski definition) is 1. The molecule has 5 heteroatoms. The molecule has 1 N–H and O–H groups in total. The van der Waals surface area contributed by atoms with E-state index in [-0.39, 0.29) is 6.04 Å². The van der Waals surface area contributed by atoms with Crippen LogP contribution in [0.5, 0.6) is 0 Å². The molecule has 0 fully saturated rings. The van der Waals surface area contributed by atoms with Crippen molar-refractivity contribution in [2.45, 2.75) is 13.0 Å². The molecule has 0 aliphatic rings. The molecule has 0 saturated carbocycles. The average molecular weight is 211 g/mol. The summed E-state index contributed by atoms with van der Waals surface area (Å²) in [6, 6.07) is 1.71. The van der Waals surface area contributed by atoms with Crippen LogP contribution < -0.4 is 5.32 Å². The van der Waals surface area contributed by atoms with Gasteiger partial charge >= 0.3 is 0 Å². The molecule has 0 aliphatic heterocycles. The Labute approximate surface area is 85.0 Å². The maximum Gasteiger partial charge on any atom is 0.147 e. The molecule has 0 saturated heterocycles. The molecule has 0 spiro atoms. The van der Waals surface area contributed by atoms with Gasteiger partial charge in [-0.15, -0.1) is 11.3 Å². The molecule has 0 amide bonds. The van der Waals surface area contributed by atoms with E-state index in [1.807, 2.05) is 11.4 Å². The van der Waals surface area contributed by atoms with E-state index in [1.54, 1.807) is 18.3 Å². The van der Waals surface area contributed by atoms with Crippen LogP contribution in [0.25, 0.3) is 10.2 Å². The van der Waals surface area contributed by atoms with Crippen LogP contribution in [0.1, 0.15) is 6.92 Å². The molecule has 0 radical (unpaired) electrons. The van der Waals surface area contributed by atoms with E-state index in [0.29, 0.717) is 0 Å². The minimum absolute atomic E-state index is 0.213. The quantitative estimate of drug-likeness (QED) is 0.847. The normalized spacial score (nSPS) is 13.0. The van der Waals surface area contributed by atoms with Crippen molar-refractivity contribution in [3.05, 3.63) is 17.8 Å². The summed E-state index contributed by atoms with van der Waals surface area (Å²) in [5.41, 5.74) is 0.901. The minimum atomic E-state index is -0.406. The Hall–Kier alpha value is -1.23. The van der Waals surface area contributed by atoms with Gasteiger partial charge in [-0.05, 0) is 18.4 Å². The van der Waals surface area contributed by atoms with Gasteiger partial charge in [0, 0.05) is 0 Å². The third kappa shape index (κ3) is 1.68. The van der Waals surface area contributed by atoms with Crippen LogP contribution in [0.2, 0.25) is 0 Å². The molecule has 2 rings (SSSR count). The van der Waals surface area contributed by atoms with Crippen molar-refractivity contribution in [2.75, 3.05) is 12.0 Å². The Morgan fingerprint density at radius 3 is 3.21 bits per heavy atom. The average Bonchev–Trinajstić information content (AvgIpc) is 2.66. The number of nitrogens with one attached hydrogen (secondary N) is 1. The van der Waals surface area contributed by atoms with Crippen LogP contribution in [0.4, 0.5) is 10.2 Å². The minimum Gasteiger partial charge on any atom is -0.364 e. The van der Waals surface area contributed by atoms with Gasteiger partial charge in [-0.3, -0.25) is 0 Å². The second-order valence-electron chi connectivity index (χ2n) is 3.06. The summed E-state index contributed by atoms with van der Waals surface area (Å²) >= 11 is 1.56. The van der Waals surface area contributed by atoms with Crippen molar-refractivity contribution in [1.82, 2.24) is 9.97 Å². The van der Waals surface area contributed by atoms with Crippen molar-refractivity contribution in [3.8, 4) is 0 Å². The van der Waals surface area contributed by atoms with Gasteiger partial charge in [0.05, 0.1) is 16.3 Å². The molecular formula is C9H10FN3S. The monoisotopic (exact) mass is 211 g/mol. The highest BCUT2D eigenvalue weighted by atomic mass is 32.1. The Morgan fingerprint density at radius 2 is 2.43 bits per heavy atom. The number of rotatable bonds is 3.